The predicted octanol–water partition coefficient (Wildman–Crippen LogP) is 3.75. The minimum atomic E-state index is 0.0325. The Kier molecular flexibility index (Phi) is 5.48. The number of rotatable bonds is 6. The summed E-state index contributed by atoms with van der Waals surface area (Å²) < 4.78 is 12.6. The van der Waals surface area contributed by atoms with Crippen molar-refractivity contribution in [3.8, 4) is 22.9 Å². The van der Waals surface area contributed by atoms with Gasteiger partial charge in [0.15, 0.2) is 23.0 Å². The third-order valence-corrected chi connectivity index (χ3v) is 4.92. The largest absolute Gasteiger partial charge is 0.503 e. The molecule has 0 saturated carbocycles. The Hall–Kier alpha value is -3.66. The monoisotopic (exact) mass is 468 g/mol. The molecule has 0 aliphatic carbocycles. The Labute approximate surface area is 180 Å². The van der Waals surface area contributed by atoms with Gasteiger partial charge in [0, 0.05) is 6.07 Å². The lowest BCUT2D eigenvalue weighted by molar-refractivity contribution is 0.372. The molecule has 0 spiro atoms. The Balaban J connectivity index is 1.62. The molecule has 4 aromatic rings. The molecule has 0 bridgehead atoms. The number of halogens is 1. The van der Waals surface area contributed by atoms with Crippen molar-refractivity contribution in [2.75, 3.05) is 19.6 Å². The standard InChI is InChI=1S/C20H17BrN6O3/c1-29-14-5-3-4-13(8-14)27-20-15(10-25-27)19(22-11-23-20)26-24-9-12-6-16(21)18(28)17(7-12)30-2/h3-11,28H,1-2H3,(H,22,23,26)/b24-9+. The third kappa shape index (κ3) is 3.77. The normalized spacial score (nSPS) is 11.2. The first-order chi connectivity index (χ1) is 14.6. The second-order valence-corrected chi connectivity index (χ2v) is 7.00. The molecule has 0 amide bonds. The molecule has 10 heteroatoms. The van der Waals surface area contributed by atoms with Gasteiger partial charge < -0.3 is 14.6 Å². The van der Waals surface area contributed by atoms with Crippen molar-refractivity contribution in [2.45, 2.75) is 0 Å². The van der Waals surface area contributed by atoms with Gasteiger partial charge in [-0.05, 0) is 45.8 Å². The smallest absolute Gasteiger partial charge is 0.172 e. The summed E-state index contributed by atoms with van der Waals surface area (Å²) in [5.74, 6) is 1.61. The number of nitrogens with zero attached hydrogens (tertiary/aromatic N) is 5. The Morgan fingerprint density at radius 1 is 1.17 bits per heavy atom. The van der Waals surface area contributed by atoms with Crippen LogP contribution >= 0.6 is 15.9 Å². The van der Waals surface area contributed by atoms with E-state index in [1.807, 2.05) is 24.3 Å². The fourth-order valence-corrected chi connectivity index (χ4v) is 3.32. The molecule has 0 atom stereocenters. The average molecular weight is 469 g/mol. The molecule has 2 aromatic carbocycles. The second kappa shape index (κ2) is 8.37. The van der Waals surface area contributed by atoms with Gasteiger partial charge in [0.25, 0.3) is 0 Å². The van der Waals surface area contributed by atoms with E-state index in [2.05, 4.69) is 41.5 Å². The number of benzene rings is 2. The molecular weight excluding hydrogens is 452 g/mol. The molecule has 0 aliphatic heterocycles. The molecule has 0 unspecified atom stereocenters. The second-order valence-electron chi connectivity index (χ2n) is 6.14. The lowest BCUT2D eigenvalue weighted by atomic mass is 10.2. The molecule has 0 radical (unpaired) electrons. The summed E-state index contributed by atoms with van der Waals surface area (Å²) in [4.78, 5) is 8.61. The van der Waals surface area contributed by atoms with Gasteiger partial charge in [0.2, 0.25) is 0 Å². The number of hydrazone groups is 1. The topological polar surface area (TPSA) is 107 Å². The van der Waals surface area contributed by atoms with Crippen molar-refractivity contribution in [3.63, 3.8) is 0 Å². The highest BCUT2D eigenvalue weighted by molar-refractivity contribution is 9.10. The van der Waals surface area contributed by atoms with Crippen LogP contribution < -0.4 is 14.9 Å². The molecule has 2 N–H and O–H groups in total. The highest BCUT2D eigenvalue weighted by atomic mass is 79.9. The van der Waals surface area contributed by atoms with E-state index in [4.69, 9.17) is 9.47 Å². The number of nitrogens with one attached hydrogen (secondary N) is 1. The zero-order chi connectivity index (χ0) is 21.1. The minimum Gasteiger partial charge on any atom is -0.503 e. The van der Waals surface area contributed by atoms with Gasteiger partial charge >= 0.3 is 0 Å². The van der Waals surface area contributed by atoms with E-state index >= 15 is 0 Å². The number of fused-ring (bicyclic) bond motifs is 1. The average Bonchev–Trinajstić information content (AvgIpc) is 3.21. The van der Waals surface area contributed by atoms with Gasteiger partial charge in [-0.1, -0.05) is 6.07 Å². The van der Waals surface area contributed by atoms with Crippen LogP contribution in [0, 0.1) is 0 Å². The zero-order valence-corrected chi connectivity index (χ0v) is 17.7. The summed E-state index contributed by atoms with van der Waals surface area (Å²) >= 11 is 3.29. The summed E-state index contributed by atoms with van der Waals surface area (Å²) in [5.41, 5.74) is 5.09. The van der Waals surface area contributed by atoms with E-state index < -0.39 is 0 Å². The third-order valence-electron chi connectivity index (χ3n) is 4.32. The summed E-state index contributed by atoms with van der Waals surface area (Å²) in [6, 6.07) is 10.9. The number of aromatic nitrogens is 4. The summed E-state index contributed by atoms with van der Waals surface area (Å²) in [5, 5.41) is 19.3. The molecule has 0 saturated heterocycles. The molecule has 9 nitrogen and oxygen atoms in total. The molecule has 30 heavy (non-hydrogen) atoms. The first-order valence-corrected chi connectivity index (χ1v) is 9.58. The van der Waals surface area contributed by atoms with Crippen molar-refractivity contribution in [2.24, 2.45) is 5.10 Å². The van der Waals surface area contributed by atoms with Gasteiger partial charge in [-0.15, -0.1) is 0 Å². The van der Waals surface area contributed by atoms with Crippen LogP contribution in [0.25, 0.3) is 16.7 Å². The number of phenolic OH excluding ortho intramolecular Hbond substituents is 1. The summed E-state index contributed by atoms with van der Waals surface area (Å²) in [6.45, 7) is 0. The van der Waals surface area contributed by atoms with Crippen molar-refractivity contribution < 1.29 is 14.6 Å². The fourth-order valence-electron chi connectivity index (χ4n) is 2.86. The maximum Gasteiger partial charge on any atom is 0.172 e. The maximum absolute atomic E-state index is 9.91. The first kappa shape index (κ1) is 19.6. The van der Waals surface area contributed by atoms with E-state index in [1.165, 1.54) is 13.4 Å². The zero-order valence-electron chi connectivity index (χ0n) is 16.1. The molecule has 4 rings (SSSR count). The van der Waals surface area contributed by atoms with Gasteiger partial charge in [-0.25, -0.2) is 14.6 Å². The van der Waals surface area contributed by atoms with E-state index in [0.29, 0.717) is 27.1 Å². The van der Waals surface area contributed by atoms with Gasteiger partial charge in [-0.2, -0.15) is 10.2 Å². The van der Waals surface area contributed by atoms with E-state index in [-0.39, 0.29) is 5.75 Å². The van der Waals surface area contributed by atoms with E-state index in [0.717, 1.165) is 17.0 Å². The molecule has 2 heterocycles. The van der Waals surface area contributed by atoms with Crippen molar-refractivity contribution in [3.05, 3.63) is 59.0 Å². The van der Waals surface area contributed by atoms with Gasteiger partial charge in [0.05, 0.1) is 42.2 Å². The number of methoxy groups -OCH3 is 2. The van der Waals surface area contributed by atoms with Crippen LogP contribution in [-0.2, 0) is 0 Å². The first-order valence-electron chi connectivity index (χ1n) is 8.79. The van der Waals surface area contributed by atoms with Crippen LogP contribution in [0.3, 0.4) is 0 Å². The molecule has 152 valence electrons. The Morgan fingerprint density at radius 3 is 2.83 bits per heavy atom. The number of phenols is 1. The molecule has 0 fully saturated rings. The van der Waals surface area contributed by atoms with Gasteiger partial charge in [0.1, 0.15) is 12.1 Å². The highest BCUT2D eigenvalue weighted by Crippen LogP contribution is 2.34. The number of hydrogen-bond donors (Lipinski definition) is 2. The Bertz CT molecular complexity index is 1240. The number of aromatic hydroxyl groups is 1. The SMILES string of the molecule is COc1cccc(-n2ncc3c(N/N=C/c4cc(Br)c(O)c(OC)c4)ncnc32)c1. The summed E-state index contributed by atoms with van der Waals surface area (Å²) in [6.07, 6.45) is 4.71. The summed E-state index contributed by atoms with van der Waals surface area (Å²) in [7, 11) is 3.10. The van der Waals surface area contributed by atoms with Crippen LogP contribution in [0.4, 0.5) is 5.82 Å². The van der Waals surface area contributed by atoms with E-state index in [1.54, 1.807) is 36.3 Å². The molecule has 2 aromatic heterocycles. The number of anilines is 1. The molecular formula is C20H17BrN6O3. The molecule has 0 aliphatic rings. The minimum absolute atomic E-state index is 0.0325. The van der Waals surface area contributed by atoms with Crippen LogP contribution in [0.5, 0.6) is 17.2 Å². The lowest BCUT2D eigenvalue weighted by Crippen LogP contribution is -2.00. The van der Waals surface area contributed by atoms with Crippen molar-refractivity contribution in [1.82, 2.24) is 19.7 Å². The predicted molar refractivity (Wildman–Crippen MR) is 117 cm³/mol. The quantitative estimate of drug-likeness (QED) is 0.327. The number of hydrogen-bond acceptors (Lipinski definition) is 8. The van der Waals surface area contributed by atoms with Crippen LogP contribution in [0.2, 0.25) is 0 Å². The fraction of sp³-hybridized carbons (Fsp3) is 0.100. The van der Waals surface area contributed by atoms with Gasteiger partial charge in [-0.3, -0.25) is 5.43 Å². The van der Waals surface area contributed by atoms with Crippen molar-refractivity contribution >= 4 is 39.0 Å². The van der Waals surface area contributed by atoms with Crippen LogP contribution in [0.15, 0.2) is 58.5 Å². The van der Waals surface area contributed by atoms with E-state index in [9.17, 15) is 5.11 Å². The van der Waals surface area contributed by atoms with Crippen LogP contribution in [-0.4, -0.2) is 45.3 Å². The Morgan fingerprint density at radius 2 is 2.03 bits per heavy atom. The maximum atomic E-state index is 9.91. The highest BCUT2D eigenvalue weighted by Gasteiger charge is 2.12. The number of ether oxygens (including phenoxy) is 2. The van der Waals surface area contributed by atoms with Crippen molar-refractivity contribution in [1.29, 1.82) is 0 Å². The lowest BCUT2D eigenvalue weighted by Gasteiger charge is -2.07. The van der Waals surface area contributed by atoms with Crippen LogP contribution in [0.1, 0.15) is 5.56 Å².